The highest BCUT2D eigenvalue weighted by Crippen LogP contribution is 2.33. The Balaban J connectivity index is 0.00000192. The number of nitrogens with one attached hydrogen (secondary N) is 1. The van der Waals surface area contributed by atoms with Crippen LogP contribution in [0.5, 0.6) is 0 Å². The number of alkyl halides is 3. The molecule has 1 aromatic rings. The van der Waals surface area contributed by atoms with E-state index >= 15 is 0 Å². The van der Waals surface area contributed by atoms with Crippen molar-refractivity contribution in [2.75, 3.05) is 26.2 Å². The van der Waals surface area contributed by atoms with Crippen LogP contribution in [-0.2, 0) is 6.18 Å². The van der Waals surface area contributed by atoms with Crippen LogP contribution >= 0.6 is 12.4 Å². The Morgan fingerprint density at radius 2 is 1.65 bits per heavy atom. The maximum Gasteiger partial charge on any atom is 0.417 e. The van der Waals surface area contributed by atoms with E-state index in [0.29, 0.717) is 24.9 Å². The first kappa shape index (κ1) is 18.1. The van der Waals surface area contributed by atoms with E-state index in [1.165, 1.54) is 18.2 Å². The van der Waals surface area contributed by atoms with Crippen LogP contribution in [0.25, 0.3) is 0 Å². The largest absolute Gasteiger partial charge is 0.417 e. The molecule has 0 aromatic heterocycles. The molecule has 2 aliphatic heterocycles. The molecule has 1 N–H and O–H groups in total. The summed E-state index contributed by atoms with van der Waals surface area (Å²) in [6.07, 6.45) is -2.78. The van der Waals surface area contributed by atoms with Gasteiger partial charge in [0.25, 0.3) is 5.91 Å². The number of amides is 1. The van der Waals surface area contributed by atoms with Crippen LogP contribution in [0.4, 0.5) is 13.2 Å². The average Bonchev–Trinajstić information content (AvgIpc) is 2.84. The SMILES string of the molecule is Cl.O=C(c1ccccc1C(F)(F)F)N1CC[C@@H]2CNC[C@@H]2CC1. The third-order valence-corrected chi connectivity index (χ3v) is 4.77. The molecule has 3 nitrogen and oxygen atoms in total. The average molecular weight is 349 g/mol. The van der Waals surface area contributed by atoms with Crippen molar-refractivity contribution in [2.45, 2.75) is 19.0 Å². The standard InChI is InChI=1S/C16H19F3N2O.ClH/c17-16(18,19)14-4-2-1-3-13(14)15(22)21-7-5-11-9-20-10-12(11)6-8-21;/h1-4,11-12,20H,5-10H2;1H/t11-,12+;. The fourth-order valence-electron chi connectivity index (χ4n) is 3.51. The number of benzene rings is 1. The molecule has 2 fully saturated rings. The lowest BCUT2D eigenvalue weighted by Gasteiger charge is -2.23. The molecule has 7 heteroatoms. The molecule has 128 valence electrons. The first-order chi connectivity index (χ1) is 10.5. The summed E-state index contributed by atoms with van der Waals surface area (Å²) in [6, 6.07) is 5.05. The summed E-state index contributed by atoms with van der Waals surface area (Å²) in [5.74, 6) is 0.576. The van der Waals surface area contributed by atoms with Gasteiger partial charge in [0.1, 0.15) is 0 Å². The van der Waals surface area contributed by atoms with Gasteiger partial charge in [0.05, 0.1) is 11.1 Å². The minimum atomic E-state index is -4.50. The lowest BCUT2D eigenvalue weighted by molar-refractivity contribution is -0.138. The molecule has 2 atom stereocenters. The molecule has 2 heterocycles. The molecule has 1 amide bonds. The van der Waals surface area contributed by atoms with Crippen molar-refractivity contribution in [1.82, 2.24) is 10.2 Å². The first-order valence-electron chi connectivity index (χ1n) is 7.63. The van der Waals surface area contributed by atoms with E-state index < -0.39 is 17.6 Å². The maximum absolute atomic E-state index is 13.1. The minimum Gasteiger partial charge on any atom is -0.339 e. The predicted octanol–water partition coefficient (Wildman–Crippen LogP) is 3.20. The summed E-state index contributed by atoms with van der Waals surface area (Å²) in [5.41, 5.74) is -1.08. The third-order valence-electron chi connectivity index (χ3n) is 4.77. The zero-order valence-electron chi connectivity index (χ0n) is 12.6. The number of carbonyl (C=O) groups excluding carboxylic acids is 1. The van der Waals surface area contributed by atoms with Crippen molar-refractivity contribution >= 4 is 18.3 Å². The second-order valence-electron chi connectivity index (χ2n) is 6.09. The van der Waals surface area contributed by atoms with Gasteiger partial charge in [0, 0.05) is 13.1 Å². The minimum absolute atomic E-state index is 0. The topological polar surface area (TPSA) is 32.3 Å². The molecule has 0 saturated carbocycles. The number of fused-ring (bicyclic) bond motifs is 1. The van der Waals surface area contributed by atoms with Crippen molar-refractivity contribution in [3.63, 3.8) is 0 Å². The van der Waals surface area contributed by atoms with Crippen molar-refractivity contribution in [1.29, 1.82) is 0 Å². The number of rotatable bonds is 1. The molecule has 3 rings (SSSR count). The monoisotopic (exact) mass is 348 g/mol. The Hall–Kier alpha value is -1.27. The van der Waals surface area contributed by atoms with E-state index in [1.807, 2.05) is 0 Å². The smallest absolute Gasteiger partial charge is 0.339 e. The molecule has 2 aliphatic rings. The number of nitrogens with zero attached hydrogens (tertiary/aromatic N) is 1. The highest BCUT2D eigenvalue weighted by molar-refractivity contribution is 5.96. The molecule has 0 spiro atoms. The van der Waals surface area contributed by atoms with E-state index in [2.05, 4.69) is 5.32 Å². The van der Waals surface area contributed by atoms with E-state index in [0.717, 1.165) is 32.0 Å². The summed E-state index contributed by atoms with van der Waals surface area (Å²) < 4.78 is 39.2. The number of likely N-dealkylation sites (tertiary alicyclic amines) is 1. The first-order valence-corrected chi connectivity index (χ1v) is 7.63. The number of hydrogen-bond donors (Lipinski definition) is 1. The maximum atomic E-state index is 13.1. The van der Waals surface area contributed by atoms with E-state index in [4.69, 9.17) is 0 Å². The van der Waals surface area contributed by atoms with Gasteiger partial charge in [0.2, 0.25) is 0 Å². The Labute approximate surface area is 139 Å². The van der Waals surface area contributed by atoms with Crippen LogP contribution in [-0.4, -0.2) is 37.0 Å². The lowest BCUT2D eigenvalue weighted by atomic mass is 9.92. The number of halogens is 4. The van der Waals surface area contributed by atoms with Crippen molar-refractivity contribution in [3.8, 4) is 0 Å². The van der Waals surface area contributed by atoms with Crippen LogP contribution in [0.2, 0.25) is 0 Å². The van der Waals surface area contributed by atoms with Crippen LogP contribution < -0.4 is 5.32 Å². The number of hydrogen-bond acceptors (Lipinski definition) is 2. The number of carbonyl (C=O) groups is 1. The van der Waals surface area contributed by atoms with Gasteiger partial charge in [0.15, 0.2) is 0 Å². The fourth-order valence-corrected chi connectivity index (χ4v) is 3.51. The molecule has 0 unspecified atom stereocenters. The second-order valence-corrected chi connectivity index (χ2v) is 6.09. The summed E-state index contributed by atoms with van der Waals surface area (Å²) in [5, 5.41) is 3.34. The highest BCUT2D eigenvalue weighted by Gasteiger charge is 2.37. The van der Waals surface area contributed by atoms with Gasteiger partial charge < -0.3 is 10.2 Å². The molecule has 2 saturated heterocycles. The summed E-state index contributed by atoms with van der Waals surface area (Å²) in [6.45, 7) is 2.97. The van der Waals surface area contributed by atoms with Crippen molar-refractivity contribution in [2.24, 2.45) is 11.8 Å². The Bertz CT molecular complexity index is 551. The molecule has 0 aliphatic carbocycles. The van der Waals surface area contributed by atoms with Gasteiger partial charge in [-0.3, -0.25) is 4.79 Å². The lowest BCUT2D eigenvalue weighted by Crippen LogP contribution is -2.34. The van der Waals surface area contributed by atoms with E-state index in [1.54, 1.807) is 4.90 Å². The molecule has 0 bridgehead atoms. The summed E-state index contributed by atoms with van der Waals surface area (Å²) in [4.78, 5) is 14.1. The summed E-state index contributed by atoms with van der Waals surface area (Å²) in [7, 11) is 0. The molecule has 1 aromatic carbocycles. The predicted molar refractivity (Wildman–Crippen MR) is 83.7 cm³/mol. The van der Waals surface area contributed by atoms with Gasteiger partial charge in [-0.05, 0) is 49.9 Å². The van der Waals surface area contributed by atoms with Gasteiger partial charge in [-0.15, -0.1) is 12.4 Å². The van der Waals surface area contributed by atoms with E-state index in [9.17, 15) is 18.0 Å². The quantitative estimate of drug-likeness (QED) is 0.845. The van der Waals surface area contributed by atoms with Crippen LogP contribution in [0.15, 0.2) is 24.3 Å². The van der Waals surface area contributed by atoms with E-state index in [-0.39, 0.29) is 18.0 Å². The van der Waals surface area contributed by atoms with Crippen LogP contribution in [0.1, 0.15) is 28.8 Å². The van der Waals surface area contributed by atoms with Gasteiger partial charge in [-0.2, -0.15) is 13.2 Å². The van der Waals surface area contributed by atoms with Crippen molar-refractivity contribution in [3.05, 3.63) is 35.4 Å². The normalized spacial score (nSPS) is 24.6. The Kier molecular flexibility index (Phi) is 5.57. The van der Waals surface area contributed by atoms with Gasteiger partial charge >= 0.3 is 6.18 Å². The Morgan fingerprint density at radius 1 is 1.09 bits per heavy atom. The zero-order valence-corrected chi connectivity index (χ0v) is 13.4. The molecule has 0 radical (unpaired) electrons. The molecule has 23 heavy (non-hydrogen) atoms. The summed E-state index contributed by atoms with van der Waals surface area (Å²) >= 11 is 0. The Morgan fingerprint density at radius 3 is 2.22 bits per heavy atom. The van der Waals surface area contributed by atoms with Crippen LogP contribution in [0, 0.1) is 11.8 Å². The van der Waals surface area contributed by atoms with Crippen LogP contribution in [0.3, 0.4) is 0 Å². The fraction of sp³-hybridized carbons (Fsp3) is 0.562. The highest BCUT2D eigenvalue weighted by atomic mass is 35.5. The van der Waals surface area contributed by atoms with Gasteiger partial charge in [-0.25, -0.2) is 0 Å². The zero-order chi connectivity index (χ0) is 15.7. The van der Waals surface area contributed by atoms with Crippen molar-refractivity contribution < 1.29 is 18.0 Å². The third kappa shape index (κ3) is 3.80. The van der Waals surface area contributed by atoms with Gasteiger partial charge in [-0.1, -0.05) is 12.1 Å². The molecular formula is C16H20ClF3N2O. The second kappa shape index (κ2) is 7.09. The molecular weight excluding hydrogens is 329 g/mol.